The Hall–Kier alpha value is -3.12. The van der Waals surface area contributed by atoms with Gasteiger partial charge in [0.2, 0.25) is 5.91 Å². The van der Waals surface area contributed by atoms with E-state index in [9.17, 15) is 9.59 Å². The lowest BCUT2D eigenvalue weighted by molar-refractivity contribution is -0.138. The molecular formula is C22H24N4O2. The number of hydrogen-bond acceptors (Lipinski definition) is 4. The summed E-state index contributed by atoms with van der Waals surface area (Å²) in [6.45, 7) is 2.51. The van der Waals surface area contributed by atoms with Crippen LogP contribution in [0.2, 0.25) is 0 Å². The highest BCUT2D eigenvalue weighted by Gasteiger charge is 2.40. The Bertz CT molecular complexity index is 879. The lowest BCUT2D eigenvalue weighted by atomic mass is 10.0. The van der Waals surface area contributed by atoms with Gasteiger partial charge in [0.15, 0.2) is 0 Å². The summed E-state index contributed by atoms with van der Waals surface area (Å²) in [6, 6.07) is 17.9. The van der Waals surface area contributed by atoms with Crippen molar-refractivity contribution in [2.24, 2.45) is 0 Å². The van der Waals surface area contributed by atoms with E-state index in [-0.39, 0.29) is 30.4 Å². The molecule has 144 valence electrons. The maximum Gasteiger partial charge on any atom is 0.251 e. The second kappa shape index (κ2) is 7.86. The van der Waals surface area contributed by atoms with Crippen molar-refractivity contribution in [3.8, 4) is 0 Å². The quantitative estimate of drug-likeness (QED) is 0.840. The minimum absolute atomic E-state index is 0.0293. The van der Waals surface area contributed by atoms with Gasteiger partial charge in [-0.3, -0.25) is 9.59 Å². The molecule has 2 amide bonds. The number of nitrogens with zero attached hydrogens (tertiary/aromatic N) is 2. The number of nitrogens with one attached hydrogen (secondary N) is 2. The van der Waals surface area contributed by atoms with Crippen LogP contribution < -0.4 is 10.7 Å². The van der Waals surface area contributed by atoms with E-state index < -0.39 is 0 Å². The van der Waals surface area contributed by atoms with E-state index in [0.717, 1.165) is 11.1 Å². The molecular weight excluding hydrogens is 352 g/mol. The van der Waals surface area contributed by atoms with Gasteiger partial charge in [-0.15, -0.1) is 0 Å². The molecule has 0 radical (unpaired) electrons. The molecule has 2 unspecified atom stereocenters. The first kappa shape index (κ1) is 18.3. The van der Waals surface area contributed by atoms with Crippen molar-refractivity contribution in [2.75, 3.05) is 6.54 Å². The molecule has 0 bridgehead atoms. The van der Waals surface area contributed by atoms with Gasteiger partial charge < -0.3 is 15.2 Å². The van der Waals surface area contributed by atoms with Gasteiger partial charge in [-0.1, -0.05) is 60.2 Å². The van der Waals surface area contributed by atoms with Gasteiger partial charge in [-0.25, -0.2) is 5.43 Å². The molecule has 2 atom stereocenters. The fourth-order valence-corrected chi connectivity index (χ4v) is 3.59. The molecule has 0 spiro atoms. The van der Waals surface area contributed by atoms with Crippen molar-refractivity contribution in [2.45, 2.75) is 32.0 Å². The SMILES string of the molecule is Cc1ccc(CNC(=O)CN2C=CN3NC(c4ccccc4)CC3C2=O)cc1. The summed E-state index contributed by atoms with van der Waals surface area (Å²) in [5.74, 6) is -0.225. The van der Waals surface area contributed by atoms with Crippen LogP contribution in [-0.2, 0) is 16.1 Å². The molecule has 6 nitrogen and oxygen atoms in total. The average Bonchev–Trinajstić information content (AvgIpc) is 3.16. The van der Waals surface area contributed by atoms with Crippen LogP contribution in [0.4, 0.5) is 0 Å². The Kier molecular flexibility index (Phi) is 5.12. The summed E-state index contributed by atoms with van der Waals surface area (Å²) in [6.07, 6.45) is 4.18. The molecule has 0 saturated carbocycles. The second-order valence-electron chi connectivity index (χ2n) is 7.28. The fraction of sp³-hybridized carbons (Fsp3) is 0.273. The number of aryl methyl sites for hydroxylation is 1. The lowest BCUT2D eigenvalue weighted by Gasteiger charge is -2.31. The third-order valence-corrected chi connectivity index (χ3v) is 5.20. The van der Waals surface area contributed by atoms with Crippen molar-refractivity contribution in [1.29, 1.82) is 0 Å². The summed E-state index contributed by atoms with van der Waals surface area (Å²) in [4.78, 5) is 26.7. The van der Waals surface area contributed by atoms with Crippen LogP contribution in [0.15, 0.2) is 67.0 Å². The molecule has 2 heterocycles. The number of carbonyl (C=O) groups excluding carboxylic acids is 2. The molecule has 4 rings (SSSR count). The molecule has 2 aromatic carbocycles. The molecule has 0 aliphatic carbocycles. The minimum atomic E-state index is -0.292. The minimum Gasteiger partial charge on any atom is -0.350 e. The Balaban J connectivity index is 1.33. The van der Waals surface area contributed by atoms with E-state index in [4.69, 9.17) is 0 Å². The van der Waals surface area contributed by atoms with Crippen LogP contribution in [0.3, 0.4) is 0 Å². The van der Waals surface area contributed by atoms with Gasteiger partial charge in [-0.05, 0) is 24.5 Å². The number of amides is 2. The molecule has 1 fully saturated rings. The van der Waals surface area contributed by atoms with Gasteiger partial charge in [0.1, 0.15) is 12.6 Å². The van der Waals surface area contributed by atoms with Crippen molar-refractivity contribution in [3.63, 3.8) is 0 Å². The molecule has 0 aromatic heterocycles. The van der Waals surface area contributed by atoms with E-state index in [1.165, 1.54) is 10.5 Å². The monoisotopic (exact) mass is 376 g/mol. The highest BCUT2D eigenvalue weighted by molar-refractivity contribution is 5.89. The zero-order valence-electron chi connectivity index (χ0n) is 15.8. The molecule has 2 aliphatic rings. The Morgan fingerprint density at radius 1 is 1.11 bits per heavy atom. The predicted octanol–water partition coefficient (Wildman–Crippen LogP) is 2.24. The summed E-state index contributed by atoms with van der Waals surface area (Å²) in [5.41, 5.74) is 6.74. The molecule has 2 aliphatic heterocycles. The summed E-state index contributed by atoms with van der Waals surface area (Å²) >= 11 is 0. The highest BCUT2D eigenvalue weighted by Crippen LogP contribution is 2.30. The van der Waals surface area contributed by atoms with Crippen LogP contribution >= 0.6 is 0 Å². The van der Waals surface area contributed by atoms with Crippen LogP contribution in [0, 0.1) is 6.92 Å². The number of rotatable bonds is 5. The van der Waals surface area contributed by atoms with Crippen LogP contribution in [0.25, 0.3) is 0 Å². The average molecular weight is 376 g/mol. The van der Waals surface area contributed by atoms with E-state index >= 15 is 0 Å². The molecule has 2 aromatic rings. The van der Waals surface area contributed by atoms with Crippen molar-refractivity contribution < 1.29 is 9.59 Å². The number of fused-ring (bicyclic) bond motifs is 1. The van der Waals surface area contributed by atoms with Crippen molar-refractivity contribution >= 4 is 11.8 Å². The first-order chi connectivity index (χ1) is 13.6. The Morgan fingerprint density at radius 3 is 2.61 bits per heavy atom. The van der Waals surface area contributed by atoms with Gasteiger partial charge in [0.25, 0.3) is 5.91 Å². The maximum absolute atomic E-state index is 12.8. The van der Waals surface area contributed by atoms with E-state index in [2.05, 4.69) is 22.9 Å². The Morgan fingerprint density at radius 2 is 1.86 bits per heavy atom. The van der Waals surface area contributed by atoms with Crippen molar-refractivity contribution in [3.05, 3.63) is 83.7 Å². The smallest absolute Gasteiger partial charge is 0.251 e. The second-order valence-corrected chi connectivity index (χ2v) is 7.28. The van der Waals surface area contributed by atoms with Crippen LogP contribution in [0.1, 0.15) is 29.2 Å². The number of hydrogen-bond donors (Lipinski definition) is 2. The van der Waals surface area contributed by atoms with E-state index in [0.29, 0.717) is 13.0 Å². The topological polar surface area (TPSA) is 64.7 Å². The zero-order chi connectivity index (χ0) is 19.5. The highest BCUT2D eigenvalue weighted by atomic mass is 16.2. The zero-order valence-corrected chi connectivity index (χ0v) is 15.8. The van der Waals surface area contributed by atoms with Gasteiger partial charge in [0.05, 0.1) is 6.04 Å². The standard InChI is InChI=1S/C22H24N4O2/c1-16-7-9-17(10-8-16)14-23-21(27)15-25-11-12-26-20(22(25)28)13-19(24-26)18-5-3-2-4-6-18/h2-12,19-20,24H,13-15H2,1H3,(H,23,27). The molecule has 1 saturated heterocycles. The summed E-state index contributed by atoms with van der Waals surface area (Å²) in [7, 11) is 0. The van der Waals surface area contributed by atoms with E-state index in [1.807, 2.05) is 60.6 Å². The van der Waals surface area contributed by atoms with Gasteiger partial charge in [-0.2, -0.15) is 0 Å². The lowest BCUT2D eigenvalue weighted by Crippen LogP contribution is -2.50. The molecule has 6 heteroatoms. The van der Waals surface area contributed by atoms with Gasteiger partial charge >= 0.3 is 0 Å². The summed E-state index contributed by atoms with van der Waals surface area (Å²) < 4.78 is 0. The first-order valence-electron chi connectivity index (χ1n) is 9.50. The third kappa shape index (κ3) is 3.92. The number of carbonyl (C=O) groups is 2. The first-order valence-corrected chi connectivity index (χ1v) is 9.50. The predicted molar refractivity (Wildman–Crippen MR) is 106 cm³/mol. The van der Waals surface area contributed by atoms with Gasteiger partial charge in [0, 0.05) is 18.9 Å². The normalized spacial score (nSPS) is 21.0. The van der Waals surface area contributed by atoms with Crippen LogP contribution in [0.5, 0.6) is 0 Å². The van der Waals surface area contributed by atoms with Crippen LogP contribution in [-0.4, -0.2) is 34.3 Å². The molecule has 2 N–H and O–H groups in total. The third-order valence-electron chi connectivity index (χ3n) is 5.20. The maximum atomic E-state index is 12.8. The largest absolute Gasteiger partial charge is 0.350 e. The van der Waals surface area contributed by atoms with E-state index in [1.54, 1.807) is 6.20 Å². The molecule has 28 heavy (non-hydrogen) atoms. The van der Waals surface area contributed by atoms with Crippen molar-refractivity contribution in [1.82, 2.24) is 20.7 Å². The Labute approximate surface area is 164 Å². The number of hydrazine groups is 1. The fourth-order valence-electron chi connectivity index (χ4n) is 3.59. The summed E-state index contributed by atoms with van der Waals surface area (Å²) in [5, 5.41) is 4.73. The number of benzene rings is 2.